The summed E-state index contributed by atoms with van der Waals surface area (Å²) < 4.78 is 5.79. The fourth-order valence-electron chi connectivity index (χ4n) is 3.06. The van der Waals surface area contributed by atoms with E-state index in [0.29, 0.717) is 23.7 Å². The van der Waals surface area contributed by atoms with Crippen LogP contribution in [0.25, 0.3) is 0 Å². The first-order valence-corrected chi connectivity index (χ1v) is 8.49. The lowest BCUT2D eigenvalue weighted by molar-refractivity contribution is 0.0873. The van der Waals surface area contributed by atoms with Crippen LogP contribution in [-0.2, 0) is 6.54 Å². The summed E-state index contributed by atoms with van der Waals surface area (Å²) in [7, 11) is 0. The monoisotopic (exact) mass is 341 g/mol. The predicted octanol–water partition coefficient (Wildman–Crippen LogP) is 2.28. The summed E-state index contributed by atoms with van der Waals surface area (Å²) in [6, 6.07) is 10.4. The first kappa shape index (κ1) is 17.4. The second-order valence-electron chi connectivity index (χ2n) is 6.37. The molecule has 3 rings (SSSR count). The maximum atomic E-state index is 12.4. The molecule has 1 aliphatic rings. The number of nitrogens with two attached hydrogens (primary N) is 1. The molecule has 0 aliphatic heterocycles. The molecule has 1 aromatic heterocycles. The Morgan fingerprint density at radius 3 is 2.92 bits per heavy atom. The quantitative estimate of drug-likeness (QED) is 0.775. The number of aryl methyl sites for hydroxylation is 1. The van der Waals surface area contributed by atoms with Crippen LogP contribution in [0.5, 0.6) is 11.6 Å². The molecule has 1 amide bonds. The van der Waals surface area contributed by atoms with E-state index in [9.17, 15) is 9.90 Å². The maximum Gasteiger partial charge on any atom is 0.251 e. The molecule has 1 fully saturated rings. The van der Waals surface area contributed by atoms with Gasteiger partial charge in [0.05, 0.1) is 12.1 Å². The Morgan fingerprint density at radius 2 is 2.20 bits per heavy atom. The molecule has 132 valence electrons. The van der Waals surface area contributed by atoms with Crippen molar-refractivity contribution in [1.82, 2.24) is 10.3 Å². The van der Waals surface area contributed by atoms with Crippen LogP contribution in [0, 0.1) is 6.92 Å². The molecule has 4 N–H and O–H groups in total. The van der Waals surface area contributed by atoms with Crippen LogP contribution in [0.1, 0.15) is 40.9 Å². The molecule has 0 unspecified atom stereocenters. The number of pyridine rings is 1. The van der Waals surface area contributed by atoms with Gasteiger partial charge in [0.1, 0.15) is 5.75 Å². The fraction of sp³-hybridized carbons (Fsp3) is 0.368. The summed E-state index contributed by atoms with van der Waals surface area (Å²) in [6.07, 6.45) is 2.00. The number of hydrogen-bond donors (Lipinski definition) is 3. The molecule has 0 saturated heterocycles. The Hall–Kier alpha value is -2.44. The van der Waals surface area contributed by atoms with Gasteiger partial charge < -0.3 is 20.9 Å². The molecule has 2 aromatic rings. The predicted molar refractivity (Wildman–Crippen MR) is 94.5 cm³/mol. The van der Waals surface area contributed by atoms with Crippen LogP contribution >= 0.6 is 0 Å². The van der Waals surface area contributed by atoms with E-state index in [0.717, 1.165) is 30.5 Å². The van der Waals surface area contributed by atoms with E-state index in [1.807, 2.05) is 13.0 Å². The van der Waals surface area contributed by atoms with E-state index in [-0.39, 0.29) is 11.9 Å². The smallest absolute Gasteiger partial charge is 0.251 e. The molecule has 1 aromatic carbocycles. The molecule has 25 heavy (non-hydrogen) atoms. The maximum absolute atomic E-state index is 12.4. The molecule has 0 bridgehead atoms. The molecule has 1 saturated carbocycles. The second-order valence-corrected chi connectivity index (χ2v) is 6.37. The number of nitrogens with zero attached hydrogens (tertiary/aromatic N) is 1. The van der Waals surface area contributed by atoms with Crippen molar-refractivity contribution in [2.45, 2.75) is 44.9 Å². The molecule has 6 heteroatoms. The number of carbonyl (C=O) groups is 1. The molecule has 6 nitrogen and oxygen atoms in total. The first-order chi connectivity index (χ1) is 12.0. The van der Waals surface area contributed by atoms with Gasteiger partial charge in [0.25, 0.3) is 5.91 Å². The number of aliphatic hydroxyl groups excluding tert-OH is 1. The van der Waals surface area contributed by atoms with Gasteiger partial charge in [-0.1, -0.05) is 6.07 Å². The fourth-order valence-corrected chi connectivity index (χ4v) is 3.06. The van der Waals surface area contributed by atoms with Crippen molar-refractivity contribution in [3.8, 4) is 11.6 Å². The Kier molecular flexibility index (Phi) is 5.31. The average Bonchev–Trinajstić information content (AvgIpc) is 2.99. The Bertz CT molecular complexity index is 763. The number of aliphatic hydroxyl groups is 1. The minimum Gasteiger partial charge on any atom is -0.439 e. The number of hydrogen-bond acceptors (Lipinski definition) is 5. The van der Waals surface area contributed by atoms with Crippen LogP contribution in [-0.4, -0.2) is 28.1 Å². The van der Waals surface area contributed by atoms with Crippen LogP contribution in [0.3, 0.4) is 0 Å². The number of carbonyl (C=O) groups excluding carboxylic acids is 1. The molecular weight excluding hydrogens is 318 g/mol. The van der Waals surface area contributed by atoms with Crippen LogP contribution in [0.4, 0.5) is 0 Å². The lowest BCUT2D eigenvalue weighted by Crippen LogP contribution is -2.39. The Morgan fingerprint density at radius 1 is 1.36 bits per heavy atom. The first-order valence-electron chi connectivity index (χ1n) is 8.49. The third-order valence-electron chi connectivity index (χ3n) is 4.34. The number of aromatic nitrogens is 1. The van der Waals surface area contributed by atoms with Gasteiger partial charge in [0.15, 0.2) is 0 Å². The van der Waals surface area contributed by atoms with Gasteiger partial charge >= 0.3 is 0 Å². The highest BCUT2D eigenvalue weighted by Crippen LogP contribution is 2.23. The Balaban J connectivity index is 1.73. The summed E-state index contributed by atoms with van der Waals surface area (Å²) in [5.74, 6) is 0.765. The molecule has 0 spiro atoms. The normalized spacial score (nSPS) is 19.6. The largest absolute Gasteiger partial charge is 0.439 e. The van der Waals surface area contributed by atoms with Crippen molar-refractivity contribution in [1.29, 1.82) is 0 Å². The lowest BCUT2D eigenvalue weighted by Gasteiger charge is -2.16. The minimum absolute atomic E-state index is 0.178. The van der Waals surface area contributed by atoms with E-state index in [2.05, 4.69) is 10.3 Å². The van der Waals surface area contributed by atoms with E-state index < -0.39 is 6.10 Å². The number of nitrogens with one attached hydrogen (secondary N) is 1. The van der Waals surface area contributed by atoms with Crippen molar-refractivity contribution in [3.05, 3.63) is 53.2 Å². The van der Waals surface area contributed by atoms with E-state index in [1.165, 1.54) is 0 Å². The second kappa shape index (κ2) is 7.63. The van der Waals surface area contributed by atoms with Crippen molar-refractivity contribution in [2.75, 3.05) is 0 Å². The zero-order valence-electron chi connectivity index (χ0n) is 14.2. The van der Waals surface area contributed by atoms with Gasteiger partial charge in [0, 0.05) is 23.9 Å². The minimum atomic E-state index is -0.463. The van der Waals surface area contributed by atoms with Gasteiger partial charge in [-0.15, -0.1) is 0 Å². The molecule has 0 radical (unpaired) electrons. The molecular formula is C19H23N3O3. The lowest BCUT2D eigenvalue weighted by atomic mass is 10.1. The summed E-state index contributed by atoms with van der Waals surface area (Å²) in [4.78, 5) is 16.7. The standard InChI is InChI=1S/C19H23N3O3/c1-12-8-13(11-20)9-18(21-12)25-15-5-2-4-14(10-15)19(24)22-16-6-3-7-17(16)23/h2,4-5,8-10,16-17,23H,3,6-7,11,20H2,1H3,(H,22,24)/t16-,17+/m0/s1. The van der Waals surface area contributed by atoms with Crippen LogP contribution in [0.2, 0.25) is 0 Å². The molecule has 1 heterocycles. The Labute approximate surface area is 147 Å². The third-order valence-corrected chi connectivity index (χ3v) is 4.34. The van der Waals surface area contributed by atoms with Gasteiger partial charge in [-0.05, 0) is 56.0 Å². The van der Waals surface area contributed by atoms with Crippen LogP contribution in [0.15, 0.2) is 36.4 Å². The highest BCUT2D eigenvalue weighted by atomic mass is 16.5. The average molecular weight is 341 g/mol. The third kappa shape index (κ3) is 4.35. The zero-order valence-corrected chi connectivity index (χ0v) is 14.2. The van der Waals surface area contributed by atoms with E-state index >= 15 is 0 Å². The molecule has 1 aliphatic carbocycles. The highest BCUT2D eigenvalue weighted by molar-refractivity contribution is 5.94. The summed E-state index contributed by atoms with van der Waals surface area (Å²) >= 11 is 0. The number of amides is 1. The van der Waals surface area contributed by atoms with Crippen LogP contribution < -0.4 is 15.8 Å². The summed E-state index contributed by atoms with van der Waals surface area (Å²) in [5, 5.41) is 12.7. The van der Waals surface area contributed by atoms with Crippen molar-refractivity contribution < 1.29 is 14.6 Å². The topological polar surface area (TPSA) is 97.5 Å². The van der Waals surface area contributed by atoms with E-state index in [4.69, 9.17) is 10.5 Å². The number of rotatable bonds is 5. The van der Waals surface area contributed by atoms with Gasteiger partial charge in [-0.3, -0.25) is 4.79 Å². The number of ether oxygens (including phenoxy) is 1. The van der Waals surface area contributed by atoms with Gasteiger partial charge in [-0.25, -0.2) is 4.98 Å². The highest BCUT2D eigenvalue weighted by Gasteiger charge is 2.26. The van der Waals surface area contributed by atoms with Gasteiger partial charge in [-0.2, -0.15) is 0 Å². The number of benzene rings is 1. The van der Waals surface area contributed by atoms with Crippen molar-refractivity contribution in [3.63, 3.8) is 0 Å². The summed E-state index contributed by atoms with van der Waals surface area (Å²) in [5.41, 5.74) is 7.92. The SMILES string of the molecule is Cc1cc(CN)cc(Oc2cccc(C(=O)N[C@H]3CCC[C@H]3O)c2)n1. The zero-order chi connectivity index (χ0) is 17.8. The van der Waals surface area contributed by atoms with Crippen molar-refractivity contribution >= 4 is 5.91 Å². The van der Waals surface area contributed by atoms with E-state index in [1.54, 1.807) is 30.3 Å². The summed E-state index contributed by atoms with van der Waals surface area (Å²) in [6.45, 7) is 2.29. The van der Waals surface area contributed by atoms with Crippen molar-refractivity contribution in [2.24, 2.45) is 5.73 Å². The van der Waals surface area contributed by atoms with Gasteiger partial charge in [0.2, 0.25) is 5.88 Å². The molecule has 2 atom stereocenters.